The van der Waals surface area contributed by atoms with Crippen molar-refractivity contribution in [3.63, 3.8) is 0 Å². The number of ether oxygens (including phenoxy) is 1. The number of nitrogens with one attached hydrogen (secondary N) is 1. The summed E-state index contributed by atoms with van der Waals surface area (Å²) >= 11 is 4.94. The lowest BCUT2D eigenvalue weighted by Gasteiger charge is -2.28. The van der Waals surface area contributed by atoms with Crippen LogP contribution in [0.2, 0.25) is 5.15 Å². The molecule has 1 rings (SSSR count). The molecular weight excluding hydrogens is 296 g/mol. The van der Waals surface area contributed by atoms with Crippen LogP contribution in [-0.4, -0.2) is 21.4 Å². The Balaban J connectivity index is 3.11. The number of methoxy groups -OCH3 is 1. The fraction of sp³-hybridized carbons (Fsp3) is 0.500. The summed E-state index contributed by atoms with van der Waals surface area (Å²) in [5.41, 5.74) is 0.703. The number of hydrogen-bond donors (Lipinski definition) is 1. The Morgan fingerprint density at radius 3 is 2.75 bits per heavy atom. The van der Waals surface area contributed by atoms with Gasteiger partial charge in [0.2, 0.25) is 0 Å². The average Bonchev–Trinajstić information content (AvgIpc) is 2.36. The van der Waals surface area contributed by atoms with Crippen molar-refractivity contribution in [2.75, 3.05) is 7.11 Å². The van der Waals surface area contributed by atoms with Gasteiger partial charge in [0.1, 0.15) is 15.6 Å². The van der Waals surface area contributed by atoms with Gasteiger partial charge in [0.05, 0.1) is 18.7 Å². The molecule has 0 aromatic carbocycles. The van der Waals surface area contributed by atoms with Crippen molar-refractivity contribution in [1.82, 2.24) is 9.71 Å². The lowest BCUT2D eigenvalue weighted by Crippen LogP contribution is -2.41. The first-order valence-corrected chi connectivity index (χ1v) is 7.81. The average molecular weight is 317 g/mol. The van der Waals surface area contributed by atoms with Gasteiger partial charge >= 0.3 is 0 Å². The Morgan fingerprint density at radius 2 is 2.25 bits per heavy atom. The van der Waals surface area contributed by atoms with Gasteiger partial charge in [-0.05, 0) is 33.3 Å². The lowest BCUT2D eigenvalue weighted by atomic mass is 10.1. The molecule has 0 aliphatic heterocycles. The van der Waals surface area contributed by atoms with Crippen LogP contribution in [0.4, 0.5) is 0 Å². The van der Waals surface area contributed by atoms with Crippen LogP contribution >= 0.6 is 11.6 Å². The molecule has 112 valence electrons. The van der Waals surface area contributed by atoms with E-state index >= 15 is 0 Å². The summed E-state index contributed by atoms with van der Waals surface area (Å²) < 4.78 is 20.3. The smallest absolute Gasteiger partial charge is 0.137 e. The van der Waals surface area contributed by atoms with E-state index in [1.54, 1.807) is 25.4 Å². The first-order chi connectivity index (χ1) is 9.31. The van der Waals surface area contributed by atoms with Crippen molar-refractivity contribution >= 4 is 23.0 Å². The predicted octanol–water partition coefficient (Wildman–Crippen LogP) is 3.41. The second kappa shape index (κ2) is 7.31. The van der Waals surface area contributed by atoms with Gasteiger partial charge in [-0.25, -0.2) is 4.98 Å². The topological polar surface area (TPSA) is 57.2 Å². The van der Waals surface area contributed by atoms with Gasteiger partial charge in [-0.1, -0.05) is 17.7 Å². The Bertz CT molecular complexity index is 463. The normalized spacial score (nSPS) is 14.7. The van der Waals surface area contributed by atoms with Crippen LogP contribution in [0.5, 0.6) is 5.75 Å². The van der Waals surface area contributed by atoms with Crippen molar-refractivity contribution in [2.45, 2.75) is 38.0 Å². The van der Waals surface area contributed by atoms with Gasteiger partial charge < -0.3 is 9.29 Å². The largest absolute Gasteiger partial charge is 0.598 e. The molecule has 0 amide bonds. The van der Waals surface area contributed by atoms with E-state index in [4.69, 9.17) is 16.3 Å². The lowest BCUT2D eigenvalue weighted by molar-refractivity contribution is 0.402. The van der Waals surface area contributed by atoms with E-state index in [-0.39, 0.29) is 10.8 Å². The summed E-state index contributed by atoms with van der Waals surface area (Å²) in [6.07, 6.45) is 3.90. The van der Waals surface area contributed by atoms with E-state index in [0.717, 1.165) is 0 Å². The highest BCUT2D eigenvalue weighted by Crippen LogP contribution is 2.33. The molecule has 1 N–H and O–H groups in total. The number of rotatable bonds is 6. The first kappa shape index (κ1) is 17.3. The number of pyridine rings is 1. The van der Waals surface area contributed by atoms with Gasteiger partial charge in [-0.15, -0.1) is 11.3 Å². The molecule has 0 bridgehead atoms. The highest BCUT2D eigenvalue weighted by Gasteiger charge is 2.31. The van der Waals surface area contributed by atoms with Crippen LogP contribution in [0.15, 0.2) is 24.9 Å². The molecule has 0 aliphatic carbocycles. The molecule has 0 saturated carbocycles. The minimum absolute atomic E-state index is 0.260. The maximum Gasteiger partial charge on any atom is 0.137 e. The second-order valence-corrected chi connectivity index (χ2v) is 7.65. The standard InChI is InChI=1S/C14H21ClN2O2S/c1-6-7-10(17-20(18)14(2,3)4)12-11(19-5)8-9-16-13(12)15/h6,8-10,17H,1,7H2,2-5H3/t10-,20+/m1/s1. The van der Waals surface area contributed by atoms with Crippen LogP contribution < -0.4 is 9.46 Å². The van der Waals surface area contributed by atoms with E-state index in [0.29, 0.717) is 22.9 Å². The molecule has 20 heavy (non-hydrogen) atoms. The third-order valence-corrected chi connectivity index (χ3v) is 4.59. The van der Waals surface area contributed by atoms with Crippen LogP contribution in [-0.2, 0) is 11.4 Å². The SMILES string of the molecule is C=CC[C@@H](N[S@@+]([O-])C(C)(C)C)c1c(OC)ccnc1Cl. The summed E-state index contributed by atoms with van der Waals surface area (Å²) in [5, 5.41) is 0.342. The van der Waals surface area contributed by atoms with Crippen molar-refractivity contribution in [3.05, 3.63) is 35.6 Å². The minimum atomic E-state index is -1.23. The first-order valence-electron chi connectivity index (χ1n) is 6.28. The van der Waals surface area contributed by atoms with E-state index in [1.165, 1.54) is 0 Å². The molecule has 1 aromatic heterocycles. The van der Waals surface area contributed by atoms with Gasteiger partial charge in [-0.3, -0.25) is 0 Å². The fourth-order valence-electron chi connectivity index (χ4n) is 1.62. The highest BCUT2D eigenvalue weighted by molar-refractivity contribution is 7.90. The molecular formula is C14H21ClN2O2S. The van der Waals surface area contributed by atoms with Crippen molar-refractivity contribution in [1.29, 1.82) is 0 Å². The third-order valence-electron chi connectivity index (χ3n) is 2.68. The summed E-state index contributed by atoms with van der Waals surface area (Å²) in [6.45, 7) is 9.46. The molecule has 1 aromatic rings. The van der Waals surface area contributed by atoms with Crippen molar-refractivity contribution < 1.29 is 9.29 Å². The summed E-state index contributed by atoms with van der Waals surface area (Å²) in [6, 6.07) is 1.47. The van der Waals surface area contributed by atoms with E-state index in [2.05, 4.69) is 16.3 Å². The Hall–Kier alpha value is -0.750. The summed E-state index contributed by atoms with van der Waals surface area (Å²) in [4.78, 5) is 4.07. The number of aromatic nitrogens is 1. The van der Waals surface area contributed by atoms with Crippen LogP contribution in [0.1, 0.15) is 38.8 Å². The maximum atomic E-state index is 12.3. The Kier molecular flexibility index (Phi) is 6.33. The molecule has 0 saturated heterocycles. The van der Waals surface area contributed by atoms with Gasteiger partial charge in [-0.2, -0.15) is 0 Å². The molecule has 6 heteroatoms. The van der Waals surface area contributed by atoms with Gasteiger partial charge in [0.15, 0.2) is 0 Å². The summed E-state index contributed by atoms with van der Waals surface area (Å²) in [5.74, 6) is 0.621. The van der Waals surface area contributed by atoms with Gasteiger partial charge in [0.25, 0.3) is 0 Å². The van der Waals surface area contributed by atoms with Crippen molar-refractivity contribution in [3.8, 4) is 5.75 Å². The van der Waals surface area contributed by atoms with Crippen LogP contribution in [0.25, 0.3) is 0 Å². The van der Waals surface area contributed by atoms with E-state index in [1.807, 2.05) is 20.8 Å². The molecule has 4 nitrogen and oxygen atoms in total. The number of nitrogens with zero attached hydrogens (tertiary/aromatic N) is 1. The van der Waals surface area contributed by atoms with E-state index < -0.39 is 11.4 Å². The molecule has 0 aliphatic rings. The molecule has 0 radical (unpaired) electrons. The minimum Gasteiger partial charge on any atom is -0.598 e. The molecule has 0 spiro atoms. The number of halogens is 1. The number of hydrogen-bond acceptors (Lipinski definition) is 4. The molecule has 1 heterocycles. The Morgan fingerprint density at radius 1 is 1.60 bits per heavy atom. The zero-order valence-corrected chi connectivity index (χ0v) is 13.8. The Labute approximate surface area is 128 Å². The highest BCUT2D eigenvalue weighted by atomic mass is 35.5. The molecule has 0 unspecified atom stereocenters. The quantitative estimate of drug-likeness (QED) is 0.496. The summed E-state index contributed by atoms with van der Waals surface area (Å²) in [7, 11) is 1.57. The zero-order valence-electron chi connectivity index (χ0n) is 12.3. The maximum absolute atomic E-state index is 12.3. The monoisotopic (exact) mass is 316 g/mol. The molecule has 0 fully saturated rings. The fourth-order valence-corrected chi connectivity index (χ4v) is 2.73. The second-order valence-electron chi connectivity index (χ2n) is 5.29. The molecule has 2 atom stereocenters. The predicted molar refractivity (Wildman–Crippen MR) is 84.4 cm³/mol. The van der Waals surface area contributed by atoms with Crippen LogP contribution in [0, 0.1) is 0 Å². The van der Waals surface area contributed by atoms with E-state index in [9.17, 15) is 4.55 Å². The third kappa shape index (κ3) is 4.38. The van der Waals surface area contributed by atoms with Crippen LogP contribution in [0.3, 0.4) is 0 Å². The zero-order chi connectivity index (χ0) is 15.3. The van der Waals surface area contributed by atoms with Gasteiger partial charge in [0, 0.05) is 17.6 Å². The van der Waals surface area contributed by atoms with Crippen molar-refractivity contribution in [2.24, 2.45) is 0 Å².